The number of amides is 2. The molecule has 0 aliphatic rings. The van der Waals surface area contributed by atoms with Gasteiger partial charge in [0.25, 0.3) is 0 Å². The maximum Gasteiger partial charge on any atom is 0.243 e. The Kier molecular flexibility index (Phi) is 11.2. The largest absolute Gasteiger partial charge is 0.357 e. The first-order valence-electron chi connectivity index (χ1n) is 14.2. The Bertz CT molecular complexity index is 1530. The highest BCUT2D eigenvalue weighted by Gasteiger charge is 2.39. The van der Waals surface area contributed by atoms with Gasteiger partial charge in [0.1, 0.15) is 11.9 Å². The summed E-state index contributed by atoms with van der Waals surface area (Å²) in [6.07, 6.45) is 0. The van der Waals surface area contributed by atoms with E-state index in [1.165, 1.54) is 11.8 Å². The quantitative estimate of drug-likeness (QED) is 0.128. The number of carbonyl (C=O) groups is 2. The number of hydrogen-bond acceptors (Lipinski definition) is 5. The predicted molar refractivity (Wildman–Crippen MR) is 186 cm³/mol. The van der Waals surface area contributed by atoms with E-state index >= 15 is 0 Å². The van der Waals surface area contributed by atoms with Crippen LogP contribution >= 0.6 is 35.9 Å². The second-order valence-corrected chi connectivity index (χ2v) is 13.6. The predicted octanol–water partition coefficient (Wildman–Crippen LogP) is 6.95. The number of rotatable bonds is 12. The van der Waals surface area contributed by atoms with Crippen molar-refractivity contribution in [3.05, 3.63) is 138 Å². The van der Waals surface area contributed by atoms with Crippen LogP contribution in [0.4, 0.5) is 0 Å². The SMILES string of the molecule is CNC(=O)[C@H](CSC(c1ccccc1)(c1ccccc1)c1ccccc1)NC(=O)C(C)(C)SCc1nc2ccccc2[nH]1.Cl. The van der Waals surface area contributed by atoms with E-state index in [1.54, 1.807) is 18.8 Å². The van der Waals surface area contributed by atoms with Gasteiger partial charge in [-0.3, -0.25) is 9.59 Å². The summed E-state index contributed by atoms with van der Waals surface area (Å²) < 4.78 is -1.41. The van der Waals surface area contributed by atoms with Gasteiger partial charge >= 0.3 is 0 Å². The first-order valence-corrected chi connectivity index (χ1v) is 16.2. The van der Waals surface area contributed by atoms with Crippen LogP contribution in [-0.4, -0.2) is 45.4 Å². The third-order valence-electron chi connectivity index (χ3n) is 7.43. The number of hydrogen-bond donors (Lipinski definition) is 3. The minimum absolute atomic E-state index is 0. The number of imidazole rings is 1. The van der Waals surface area contributed by atoms with Gasteiger partial charge in [0, 0.05) is 12.8 Å². The summed E-state index contributed by atoms with van der Waals surface area (Å²) >= 11 is 3.13. The number of aromatic nitrogens is 2. The van der Waals surface area contributed by atoms with E-state index in [0.29, 0.717) is 11.5 Å². The molecule has 2 amide bonds. The normalized spacial score (nSPS) is 12.2. The Morgan fingerprint density at radius 3 is 1.77 bits per heavy atom. The summed E-state index contributed by atoms with van der Waals surface area (Å²) in [5.74, 6) is 1.26. The molecule has 0 fully saturated rings. The number of nitrogens with one attached hydrogen (secondary N) is 3. The molecule has 5 rings (SSSR count). The van der Waals surface area contributed by atoms with Gasteiger partial charge < -0.3 is 15.6 Å². The summed E-state index contributed by atoms with van der Waals surface area (Å²) in [4.78, 5) is 34.9. The van der Waals surface area contributed by atoms with Gasteiger partial charge in [-0.2, -0.15) is 0 Å². The van der Waals surface area contributed by atoms with Crippen LogP contribution in [0, 0.1) is 0 Å². The third-order valence-corrected chi connectivity index (χ3v) is 10.4. The van der Waals surface area contributed by atoms with Crippen LogP contribution in [0.2, 0.25) is 0 Å². The van der Waals surface area contributed by atoms with Crippen molar-refractivity contribution < 1.29 is 9.59 Å². The summed E-state index contributed by atoms with van der Waals surface area (Å²) in [6.45, 7) is 3.76. The zero-order chi connectivity index (χ0) is 30.3. The van der Waals surface area contributed by atoms with Gasteiger partial charge in [-0.15, -0.1) is 35.9 Å². The Morgan fingerprint density at radius 1 is 0.773 bits per heavy atom. The number of aromatic amines is 1. The lowest BCUT2D eigenvalue weighted by Crippen LogP contribution is -2.52. The van der Waals surface area contributed by atoms with E-state index in [2.05, 4.69) is 57.0 Å². The topological polar surface area (TPSA) is 86.9 Å². The van der Waals surface area contributed by atoms with Crippen LogP contribution in [0.15, 0.2) is 115 Å². The summed E-state index contributed by atoms with van der Waals surface area (Å²) in [6, 6.07) is 38.1. The van der Waals surface area contributed by atoms with Crippen LogP contribution in [0.3, 0.4) is 0 Å². The van der Waals surface area contributed by atoms with E-state index in [-0.39, 0.29) is 24.2 Å². The van der Waals surface area contributed by atoms with E-state index in [4.69, 9.17) is 0 Å². The van der Waals surface area contributed by atoms with E-state index < -0.39 is 15.5 Å². The van der Waals surface area contributed by atoms with Crippen LogP contribution in [0.5, 0.6) is 0 Å². The zero-order valence-corrected chi connectivity index (χ0v) is 27.4. The molecule has 0 radical (unpaired) electrons. The van der Waals surface area contributed by atoms with E-state index in [9.17, 15) is 9.59 Å². The van der Waals surface area contributed by atoms with Crippen LogP contribution in [0.25, 0.3) is 11.0 Å². The van der Waals surface area contributed by atoms with Gasteiger partial charge in [0.05, 0.1) is 26.3 Å². The summed E-state index contributed by atoms with van der Waals surface area (Å²) in [5, 5.41) is 5.84. The molecule has 0 aliphatic heterocycles. The molecule has 1 atom stereocenters. The van der Waals surface area contributed by atoms with Crippen molar-refractivity contribution in [1.82, 2.24) is 20.6 Å². The number of benzene rings is 4. The number of carbonyl (C=O) groups excluding carboxylic acids is 2. The lowest BCUT2D eigenvalue weighted by atomic mass is 9.84. The highest BCUT2D eigenvalue weighted by molar-refractivity contribution is 8.01. The number of nitrogens with zero attached hydrogens (tertiary/aromatic N) is 1. The Balaban J connectivity index is 0.00000442. The number of para-hydroxylation sites is 2. The van der Waals surface area contributed by atoms with Crippen molar-refractivity contribution in [3.8, 4) is 0 Å². The average Bonchev–Trinajstić information content (AvgIpc) is 3.48. The number of fused-ring (bicyclic) bond motifs is 1. The molecule has 228 valence electrons. The minimum Gasteiger partial charge on any atom is -0.357 e. The standard InChI is InChI=1S/C35H36N4O2S2.ClH/c1-34(2,42-24-31-37-28-21-13-14-22-29(28)38-31)33(41)39-30(32(40)36-3)23-43-35(25-15-7-4-8-16-25,26-17-9-5-10-18-26)27-19-11-6-12-20-27;/h4-22,30H,23-24H2,1-3H3,(H,36,40)(H,37,38)(H,39,41);1H/t30-;/m0./s1. The molecule has 3 N–H and O–H groups in total. The fourth-order valence-electron chi connectivity index (χ4n) is 5.05. The van der Waals surface area contributed by atoms with Crippen molar-refractivity contribution in [3.63, 3.8) is 0 Å². The maximum absolute atomic E-state index is 13.7. The average molecular weight is 645 g/mol. The van der Waals surface area contributed by atoms with Crippen LogP contribution in [0.1, 0.15) is 36.4 Å². The van der Waals surface area contributed by atoms with E-state index in [0.717, 1.165) is 33.5 Å². The van der Waals surface area contributed by atoms with Crippen LogP contribution < -0.4 is 10.6 Å². The second kappa shape index (κ2) is 14.8. The zero-order valence-electron chi connectivity index (χ0n) is 24.9. The summed E-state index contributed by atoms with van der Waals surface area (Å²) in [7, 11) is 1.60. The smallest absolute Gasteiger partial charge is 0.243 e. The molecule has 1 heterocycles. The molecule has 9 heteroatoms. The molecule has 0 spiro atoms. The van der Waals surface area contributed by atoms with Gasteiger partial charge in [-0.1, -0.05) is 103 Å². The number of thioether (sulfide) groups is 2. The van der Waals surface area contributed by atoms with Gasteiger partial charge in [0.2, 0.25) is 11.8 Å². The molecule has 0 saturated carbocycles. The second-order valence-electron chi connectivity index (χ2n) is 10.7. The fraction of sp³-hybridized carbons (Fsp3) is 0.229. The lowest BCUT2D eigenvalue weighted by Gasteiger charge is -2.36. The highest BCUT2D eigenvalue weighted by Crippen LogP contribution is 2.48. The minimum atomic E-state index is -0.800. The van der Waals surface area contributed by atoms with E-state index in [1.807, 2.05) is 92.7 Å². The van der Waals surface area contributed by atoms with Crippen LogP contribution in [-0.2, 0) is 20.1 Å². The molecule has 4 aromatic carbocycles. The molecule has 0 saturated heterocycles. The number of H-pyrrole nitrogens is 1. The molecule has 44 heavy (non-hydrogen) atoms. The van der Waals surface area contributed by atoms with Gasteiger partial charge in [-0.05, 0) is 42.7 Å². The van der Waals surface area contributed by atoms with Gasteiger partial charge in [-0.25, -0.2) is 4.98 Å². The molecular formula is C35H37ClN4O2S2. The Labute approximate surface area is 273 Å². The molecule has 0 bridgehead atoms. The molecule has 6 nitrogen and oxygen atoms in total. The first-order chi connectivity index (χ1) is 20.8. The maximum atomic E-state index is 13.7. The molecule has 5 aromatic rings. The third kappa shape index (κ3) is 7.32. The molecular weight excluding hydrogens is 608 g/mol. The fourth-order valence-corrected chi connectivity index (χ4v) is 7.44. The Hall–Kier alpha value is -3.72. The van der Waals surface area contributed by atoms with Gasteiger partial charge in [0.15, 0.2) is 0 Å². The number of halogens is 1. The van der Waals surface area contributed by atoms with Crippen molar-refractivity contribution in [2.75, 3.05) is 12.8 Å². The number of likely N-dealkylation sites (N-methyl/N-ethyl adjacent to an activating group) is 1. The first kappa shape index (κ1) is 33.2. The van der Waals surface area contributed by atoms with Crippen molar-refractivity contribution >= 4 is 58.8 Å². The highest BCUT2D eigenvalue weighted by atomic mass is 35.5. The summed E-state index contributed by atoms with van der Waals surface area (Å²) in [5.41, 5.74) is 5.16. The Morgan fingerprint density at radius 2 is 1.27 bits per heavy atom. The van der Waals surface area contributed by atoms with Crippen molar-refractivity contribution in [2.24, 2.45) is 0 Å². The lowest BCUT2D eigenvalue weighted by molar-refractivity contribution is -0.129. The van der Waals surface area contributed by atoms with Crippen molar-refractivity contribution in [2.45, 2.75) is 35.1 Å². The molecule has 0 aliphatic carbocycles. The van der Waals surface area contributed by atoms with Crippen molar-refractivity contribution in [1.29, 1.82) is 0 Å². The molecule has 0 unspecified atom stereocenters. The monoisotopic (exact) mass is 644 g/mol. The molecule has 1 aromatic heterocycles.